The normalized spacial score (nSPS) is 26.0. The Hall–Kier alpha value is -1.20. The minimum absolute atomic E-state index is 0.117. The third kappa shape index (κ3) is 7.27. The lowest BCUT2D eigenvalue weighted by Gasteiger charge is -2.18. The van der Waals surface area contributed by atoms with E-state index in [0.717, 1.165) is 25.7 Å². The summed E-state index contributed by atoms with van der Waals surface area (Å²) in [6.45, 7) is 2.11. The predicted molar refractivity (Wildman–Crippen MR) is 88.0 cm³/mol. The zero-order chi connectivity index (χ0) is 17.2. The maximum atomic E-state index is 12.0. The number of aliphatic hydroxyl groups excluding tert-OH is 2. The van der Waals surface area contributed by atoms with E-state index in [4.69, 9.17) is 5.11 Å². The molecule has 3 N–H and O–H groups in total. The van der Waals surface area contributed by atoms with Gasteiger partial charge in [-0.2, -0.15) is 0 Å². The lowest BCUT2D eigenvalue weighted by Crippen LogP contribution is -2.19. The van der Waals surface area contributed by atoms with Gasteiger partial charge in [-0.15, -0.1) is 0 Å². The van der Waals surface area contributed by atoms with Crippen molar-refractivity contribution >= 4 is 11.8 Å². The molecule has 0 aromatic rings. The molecule has 0 aromatic carbocycles. The Balaban J connectivity index is 2.44. The van der Waals surface area contributed by atoms with Gasteiger partial charge in [0.05, 0.1) is 12.2 Å². The van der Waals surface area contributed by atoms with Gasteiger partial charge in [0.15, 0.2) is 0 Å². The number of carbonyl (C=O) groups is 2. The molecule has 0 heterocycles. The summed E-state index contributed by atoms with van der Waals surface area (Å²) in [7, 11) is 0. The van der Waals surface area contributed by atoms with Gasteiger partial charge in [0.25, 0.3) is 0 Å². The molecule has 1 aliphatic carbocycles. The Bertz CT molecular complexity index is 404. The van der Waals surface area contributed by atoms with E-state index in [1.807, 2.05) is 0 Å². The van der Waals surface area contributed by atoms with Crippen LogP contribution >= 0.6 is 0 Å². The number of ketones is 1. The molecule has 0 saturated heterocycles. The number of aliphatic carboxylic acids is 1. The van der Waals surface area contributed by atoms with Crippen LogP contribution in [0.15, 0.2) is 12.2 Å². The van der Waals surface area contributed by atoms with Crippen molar-refractivity contribution in [3.05, 3.63) is 12.2 Å². The number of hydrogen-bond acceptors (Lipinski definition) is 4. The second kappa shape index (κ2) is 10.6. The summed E-state index contributed by atoms with van der Waals surface area (Å²) >= 11 is 0. The first-order chi connectivity index (χ1) is 11.0. The number of Topliss-reactive ketones (excluding diaryl/α,β-unsaturated/α-hetero) is 1. The van der Waals surface area contributed by atoms with Crippen molar-refractivity contribution in [3.63, 3.8) is 0 Å². The third-order valence-electron chi connectivity index (χ3n) is 4.55. The van der Waals surface area contributed by atoms with Gasteiger partial charge in [-0.25, -0.2) is 0 Å². The number of hydrogen-bond donors (Lipinski definition) is 3. The smallest absolute Gasteiger partial charge is 0.303 e. The van der Waals surface area contributed by atoms with Gasteiger partial charge in [-0.3, -0.25) is 9.59 Å². The zero-order valence-electron chi connectivity index (χ0n) is 14.0. The molecule has 5 heteroatoms. The fourth-order valence-corrected chi connectivity index (χ4v) is 3.19. The van der Waals surface area contributed by atoms with Gasteiger partial charge in [0.2, 0.25) is 0 Å². The second-order valence-electron chi connectivity index (χ2n) is 6.51. The summed E-state index contributed by atoms with van der Waals surface area (Å²) < 4.78 is 0. The topological polar surface area (TPSA) is 94.8 Å². The van der Waals surface area contributed by atoms with Gasteiger partial charge < -0.3 is 15.3 Å². The molecular formula is C18H30O5. The molecule has 1 fully saturated rings. The maximum Gasteiger partial charge on any atom is 0.303 e. The van der Waals surface area contributed by atoms with Crippen molar-refractivity contribution in [2.75, 3.05) is 0 Å². The van der Waals surface area contributed by atoms with Gasteiger partial charge in [-0.1, -0.05) is 38.3 Å². The molecule has 0 amide bonds. The Morgan fingerprint density at radius 2 is 2.04 bits per heavy atom. The zero-order valence-corrected chi connectivity index (χ0v) is 14.0. The van der Waals surface area contributed by atoms with Crippen LogP contribution < -0.4 is 0 Å². The van der Waals surface area contributed by atoms with Gasteiger partial charge >= 0.3 is 5.97 Å². The molecule has 0 radical (unpaired) electrons. The highest BCUT2D eigenvalue weighted by atomic mass is 16.4. The Kier molecular flexibility index (Phi) is 9.10. The second-order valence-corrected chi connectivity index (χ2v) is 6.51. The maximum absolute atomic E-state index is 12.0. The van der Waals surface area contributed by atoms with Crippen LogP contribution in [-0.2, 0) is 9.59 Å². The van der Waals surface area contributed by atoms with E-state index >= 15 is 0 Å². The first-order valence-electron chi connectivity index (χ1n) is 8.74. The predicted octanol–water partition coefficient (Wildman–Crippen LogP) is 2.69. The molecule has 23 heavy (non-hydrogen) atoms. The monoisotopic (exact) mass is 326 g/mol. The Morgan fingerprint density at radius 3 is 2.70 bits per heavy atom. The van der Waals surface area contributed by atoms with Crippen molar-refractivity contribution in [1.29, 1.82) is 0 Å². The van der Waals surface area contributed by atoms with E-state index in [0.29, 0.717) is 19.3 Å². The first kappa shape index (κ1) is 19.8. The highest BCUT2D eigenvalue weighted by molar-refractivity contribution is 5.84. The molecular weight excluding hydrogens is 296 g/mol. The van der Waals surface area contributed by atoms with Crippen molar-refractivity contribution in [2.45, 2.75) is 76.9 Å². The molecule has 0 spiro atoms. The summed E-state index contributed by atoms with van der Waals surface area (Å²) in [5, 5.41) is 28.5. The molecule has 0 bridgehead atoms. The number of carboxylic acid groups (broad SMARTS) is 1. The highest BCUT2D eigenvalue weighted by Crippen LogP contribution is 2.34. The van der Waals surface area contributed by atoms with Crippen LogP contribution in [0.5, 0.6) is 0 Å². The van der Waals surface area contributed by atoms with Crippen LogP contribution in [0.2, 0.25) is 0 Å². The molecule has 0 aromatic heterocycles. The summed E-state index contributed by atoms with van der Waals surface area (Å²) in [6, 6.07) is 0. The van der Waals surface area contributed by atoms with E-state index in [-0.39, 0.29) is 30.5 Å². The molecule has 4 atom stereocenters. The van der Waals surface area contributed by atoms with E-state index in [1.54, 1.807) is 12.2 Å². The average Bonchev–Trinajstić information content (AvgIpc) is 2.75. The van der Waals surface area contributed by atoms with Gasteiger partial charge in [0.1, 0.15) is 5.78 Å². The molecule has 1 saturated carbocycles. The summed E-state index contributed by atoms with van der Waals surface area (Å²) in [6.07, 6.45) is 8.12. The lowest BCUT2D eigenvalue weighted by molar-refractivity contribution is -0.137. The van der Waals surface area contributed by atoms with Crippen LogP contribution in [0, 0.1) is 11.8 Å². The van der Waals surface area contributed by atoms with Crippen molar-refractivity contribution < 1.29 is 24.9 Å². The molecule has 5 nitrogen and oxygen atoms in total. The van der Waals surface area contributed by atoms with Gasteiger partial charge in [-0.05, 0) is 25.7 Å². The van der Waals surface area contributed by atoms with E-state index in [1.165, 1.54) is 0 Å². The largest absolute Gasteiger partial charge is 0.481 e. The van der Waals surface area contributed by atoms with Crippen molar-refractivity contribution in [1.82, 2.24) is 0 Å². The number of aliphatic hydroxyl groups is 2. The van der Waals surface area contributed by atoms with Crippen LogP contribution in [0.1, 0.15) is 64.7 Å². The summed E-state index contributed by atoms with van der Waals surface area (Å²) in [5.74, 6) is -1.03. The van der Waals surface area contributed by atoms with E-state index in [9.17, 15) is 19.8 Å². The highest BCUT2D eigenvalue weighted by Gasteiger charge is 2.39. The number of carboxylic acids is 1. The third-order valence-corrected chi connectivity index (χ3v) is 4.55. The summed E-state index contributed by atoms with van der Waals surface area (Å²) in [5.41, 5.74) is 0. The van der Waals surface area contributed by atoms with E-state index < -0.39 is 18.2 Å². The van der Waals surface area contributed by atoms with Crippen LogP contribution in [0.4, 0.5) is 0 Å². The quantitative estimate of drug-likeness (QED) is 0.401. The molecule has 1 aliphatic rings. The number of unbranched alkanes of at least 4 members (excludes halogenated alkanes) is 3. The van der Waals surface area contributed by atoms with Gasteiger partial charge in [0, 0.05) is 24.7 Å². The number of carbonyl (C=O) groups excluding carboxylic acids is 1. The van der Waals surface area contributed by atoms with E-state index in [2.05, 4.69) is 6.92 Å². The number of rotatable bonds is 11. The van der Waals surface area contributed by atoms with Crippen LogP contribution in [0.3, 0.4) is 0 Å². The average molecular weight is 326 g/mol. The molecule has 0 aliphatic heterocycles. The SMILES string of the molecule is CCCCC[C@H]1C(=O)C[C@@H](O)[C@H]1/C=C/[C@H](O)CCCCC(=O)O. The molecule has 1 rings (SSSR count). The van der Waals surface area contributed by atoms with Crippen molar-refractivity contribution in [3.8, 4) is 0 Å². The standard InChI is InChI=1S/C18H30O5/c1-2-3-4-8-14-15(17(21)12-16(14)20)11-10-13(19)7-5-6-9-18(22)23/h10-11,13-15,17,19,21H,2-9,12H2,1H3,(H,22,23)/b11-10+/t13-,14-,15+,17-/m1/s1. The Morgan fingerprint density at radius 1 is 1.30 bits per heavy atom. The minimum Gasteiger partial charge on any atom is -0.481 e. The molecule has 0 unspecified atom stereocenters. The first-order valence-corrected chi connectivity index (χ1v) is 8.74. The minimum atomic E-state index is -0.822. The van der Waals surface area contributed by atoms with Crippen LogP contribution in [-0.4, -0.2) is 39.3 Å². The summed E-state index contributed by atoms with van der Waals surface area (Å²) in [4.78, 5) is 22.4. The fraction of sp³-hybridized carbons (Fsp3) is 0.778. The van der Waals surface area contributed by atoms with Crippen LogP contribution in [0.25, 0.3) is 0 Å². The Labute approximate surface area is 138 Å². The lowest BCUT2D eigenvalue weighted by atomic mass is 9.88. The van der Waals surface area contributed by atoms with Crippen molar-refractivity contribution in [2.24, 2.45) is 11.8 Å². The fourth-order valence-electron chi connectivity index (χ4n) is 3.19. The molecule has 132 valence electrons.